The Labute approximate surface area is 78.9 Å². The van der Waals surface area contributed by atoms with Gasteiger partial charge < -0.3 is 9.64 Å². The lowest BCUT2D eigenvalue weighted by atomic mass is 10.3. The zero-order valence-corrected chi connectivity index (χ0v) is 8.66. The third-order valence-corrected chi connectivity index (χ3v) is 1.46. The van der Waals surface area contributed by atoms with Gasteiger partial charge in [0.1, 0.15) is 6.04 Å². The molecule has 5 nitrogen and oxygen atoms in total. The summed E-state index contributed by atoms with van der Waals surface area (Å²) < 4.78 is 4.77. The van der Waals surface area contributed by atoms with Crippen molar-refractivity contribution in [2.24, 2.45) is 0 Å². The first-order chi connectivity index (χ1) is 6.09. The van der Waals surface area contributed by atoms with Gasteiger partial charge in [-0.05, 0) is 6.92 Å². The smallest absolute Gasteiger partial charge is 0.241 e. The second-order valence-corrected chi connectivity index (χ2v) is 2.91. The Hall–Kier alpha value is -0.650. The van der Waals surface area contributed by atoms with Gasteiger partial charge in [0.25, 0.3) is 0 Å². The fourth-order valence-electron chi connectivity index (χ4n) is 0.747. The van der Waals surface area contributed by atoms with E-state index in [2.05, 4.69) is 5.48 Å². The number of nitrogens with one attached hydrogen (secondary N) is 1. The Morgan fingerprint density at radius 3 is 2.54 bits per heavy atom. The molecule has 0 aliphatic rings. The molecule has 0 spiro atoms. The van der Waals surface area contributed by atoms with Crippen molar-refractivity contribution in [3.8, 4) is 0 Å². The maximum absolute atomic E-state index is 11.3. The van der Waals surface area contributed by atoms with Crippen LogP contribution in [0.2, 0.25) is 0 Å². The Morgan fingerprint density at radius 1 is 1.46 bits per heavy atom. The zero-order valence-electron chi connectivity index (χ0n) is 8.66. The largest absolute Gasteiger partial charge is 0.382 e. The van der Waals surface area contributed by atoms with Gasteiger partial charge in [0.15, 0.2) is 0 Å². The van der Waals surface area contributed by atoms with Crippen molar-refractivity contribution in [3.05, 3.63) is 0 Å². The minimum atomic E-state index is -0.327. The van der Waals surface area contributed by atoms with Crippen LogP contribution in [-0.4, -0.2) is 51.3 Å². The van der Waals surface area contributed by atoms with Crippen LogP contribution in [0, 0.1) is 0 Å². The molecule has 0 aliphatic carbocycles. The van der Waals surface area contributed by atoms with E-state index in [1.165, 1.54) is 4.90 Å². The van der Waals surface area contributed by atoms with Gasteiger partial charge in [0, 0.05) is 21.2 Å². The molecule has 0 aromatic heterocycles. The number of hydrogen-bond acceptors (Lipinski definition) is 4. The Balaban J connectivity index is 3.50. The van der Waals surface area contributed by atoms with Gasteiger partial charge in [-0.25, -0.2) is 0 Å². The molecule has 0 rings (SSSR count). The Morgan fingerprint density at radius 2 is 2.08 bits per heavy atom. The van der Waals surface area contributed by atoms with Gasteiger partial charge in [-0.3, -0.25) is 9.63 Å². The fourth-order valence-corrected chi connectivity index (χ4v) is 0.747. The van der Waals surface area contributed by atoms with Crippen molar-refractivity contribution in [3.63, 3.8) is 0 Å². The van der Waals surface area contributed by atoms with Crippen LogP contribution in [0.15, 0.2) is 0 Å². The first-order valence-electron chi connectivity index (χ1n) is 4.17. The molecule has 0 saturated heterocycles. The highest BCUT2D eigenvalue weighted by Gasteiger charge is 2.13. The normalized spacial score (nSPS) is 12.6. The van der Waals surface area contributed by atoms with Crippen LogP contribution in [0.3, 0.4) is 0 Å². The van der Waals surface area contributed by atoms with E-state index in [0.29, 0.717) is 13.2 Å². The molecule has 78 valence electrons. The van der Waals surface area contributed by atoms with Crippen LogP contribution in [0.5, 0.6) is 0 Å². The van der Waals surface area contributed by atoms with E-state index >= 15 is 0 Å². The highest BCUT2D eigenvalue weighted by Crippen LogP contribution is 1.88. The van der Waals surface area contributed by atoms with Gasteiger partial charge >= 0.3 is 0 Å². The quantitative estimate of drug-likeness (QED) is 0.458. The topological polar surface area (TPSA) is 50.8 Å². The molecule has 5 heteroatoms. The molecule has 1 atom stereocenters. The number of hydroxylamine groups is 1. The molecule has 1 unspecified atom stereocenters. The minimum Gasteiger partial charge on any atom is -0.382 e. The molecule has 0 aromatic rings. The fraction of sp³-hybridized carbons (Fsp3) is 0.875. The highest BCUT2D eigenvalue weighted by molar-refractivity contribution is 5.80. The molecular weight excluding hydrogens is 172 g/mol. The average molecular weight is 190 g/mol. The maximum Gasteiger partial charge on any atom is 0.241 e. The summed E-state index contributed by atoms with van der Waals surface area (Å²) in [6, 6.07) is -0.327. The van der Waals surface area contributed by atoms with E-state index in [1.54, 1.807) is 28.1 Å². The van der Waals surface area contributed by atoms with Gasteiger partial charge in [-0.1, -0.05) is 0 Å². The standard InChI is InChI=1S/C8H18N2O3/c1-7(8(11)10(2)3)9-13-6-5-12-4/h7,9H,5-6H2,1-4H3. The average Bonchev–Trinajstić information content (AvgIpc) is 2.10. The number of rotatable bonds is 6. The molecule has 13 heavy (non-hydrogen) atoms. The van der Waals surface area contributed by atoms with Crippen LogP contribution in [0.1, 0.15) is 6.92 Å². The summed E-state index contributed by atoms with van der Waals surface area (Å²) in [4.78, 5) is 17.8. The van der Waals surface area contributed by atoms with Crippen molar-refractivity contribution < 1.29 is 14.4 Å². The summed E-state index contributed by atoms with van der Waals surface area (Å²) in [6.07, 6.45) is 0. The van der Waals surface area contributed by atoms with Gasteiger partial charge in [0.2, 0.25) is 5.91 Å². The van der Waals surface area contributed by atoms with E-state index in [0.717, 1.165) is 0 Å². The molecule has 0 fully saturated rings. The number of likely N-dealkylation sites (N-methyl/N-ethyl adjacent to an activating group) is 1. The Bertz CT molecular complexity index is 150. The molecule has 1 amide bonds. The minimum absolute atomic E-state index is 0.0163. The number of carbonyl (C=O) groups excluding carboxylic acids is 1. The third kappa shape index (κ3) is 5.57. The van der Waals surface area contributed by atoms with Crippen LogP contribution in [0.4, 0.5) is 0 Å². The second kappa shape index (κ2) is 6.82. The van der Waals surface area contributed by atoms with E-state index in [-0.39, 0.29) is 11.9 Å². The molecule has 1 N–H and O–H groups in total. The predicted octanol–water partition coefficient (Wildman–Crippen LogP) is -0.369. The van der Waals surface area contributed by atoms with E-state index < -0.39 is 0 Å². The lowest BCUT2D eigenvalue weighted by molar-refractivity contribution is -0.135. The van der Waals surface area contributed by atoms with E-state index in [1.807, 2.05) is 0 Å². The summed E-state index contributed by atoms with van der Waals surface area (Å²) in [5.74, 6) is -0.0163. The van der Waals surface area contributed by atoms with Crippen molar-refractivity contribution in [2.45, 2.75) is 13.0 Å². The first kappa shape index (κ1) is 12.3. The lowest BCUT2D eigenvalue weighted by Gasteiger charge is -2.17. The number of ether oxygens (including phenoxy) is 1. The summed E-state index contributed by atoms with van der Waals surface area (Å²) in [5, 5.41) is 0. The molecule has 0 aromatic carbocycles. The van der Waals surface area contributed by atoms with Crippen LogP contribution >= 0.6 is 0 Å². The molecule has 0 radical (unpaired) electrons. The zero-order chi connectivity index (χ0) is 10.3. The second-order valence-electron chi connectivity index (χ2n) is 2.91. The SMILES string of the molecule is COCCONC(C)C(=O)N(C)C. The van der Waals surface area contributed by atoms with E-state index in [4.69, 9.17) is 9.57 Å². The highest BCUT2D eigenvalue weighted by atomic mass is 16.7. The molecular formula is C8H18N2O3. The van der Waals surface area contributed by atoms with Crippen molar-refractivity contribution in [2.75, 3.05) is 34.4 Å². The summed E-state index contributed by atoms with van der Waals surface area (Å²) >= 11 is 0. The molecule has 0 heterocycles. The summed E-state index contributed by atoms with van der Waals surface area (Å²) in [7, 11) is 5.00. The number of carbonyl (C=O) groups is 1. The molecule has 0 bridgehead atoms. The van der Waals surface area contributed by atoms with Crippen molar-refractivity contribution >= 4 is 5.91 Å². The maximum atomic E-state index is 11.3. The van der Waals surface area contributed by atoms with Crippen LogP contribution in [0.25, 0.3) is 0 Å². The third-order valence-electron chi connectivity index (χ3n) is 1.46. The lowest BCUT2D eigenvalue weighted by Crippen LogP contribution is -2.41. The number of methoxy groups -OCH3 is 1. The van der Waals surface area contributed by atoms with Gasteiger partial charge in [-0.15, -0.1) is 0 Å². The van der Waals surface area contributed by atoms with Gasteiger partial charge in [-0.2, -0.15) is 5.48 Å². The Kier molecular flexibility index (Phi) is 6.48. The number of nitrogens with zero attached hydrogens (tertiary/aromatic N) is 1. The monoisotopic (exact) mass is 190 g/mol. The number of amides is 1. The predicted molar refractivity (Wildman–Crippen MR) is 49.1 cm³/mol. The molecule has 0 saturated carbocycles. The van der Waals surface area contributed by atoms with Crippen LogP contribution in [-0.2, 0) is 14.4 Å². The number of hydrogen-bond donors (Lipinski definition) is 1. The van der Waals surface area contributed by atoms with Crippen LogP contribution < -0.4 is 5.48 Å². The first-order valence-corrected chi connectivity index (χ1v) is 4.17. The van der Waals surface area contributed by atoms with E-state index in [9.17, 15) is 4.79 Å². The van der Waals surface area contributed by atoms with Gasteiger partial charge in [0.05, 0.1) is 13.2 Å². The summed E-state index contributed by atoms with van der Waals surface area (Å²) in [6.45, 7) is 2.69. The molecule has 0 aliphatic heterocycles. The van der Waals surface area contributed by atoms with Crippen molar-refractivity contribution in [1.29, 1.82) is 0 Å². The summed E-state index contributed by atoms with van der Waals surface area (Å²) in [5.41, 5.74) is 2.63. The van der Waals surface area contributed by atoms with Crippen molar-refractivity contribution in [1.82, 2.24) is 10.4 Å².